The lowest BCUT2D eigenvalue weighted by molar-refractivity contribution is 0.135. The Balaban J connectivity index is 2.37. The molecule has 66 valence electrons. The van der Waals surface area contributed by atoms with Crippen LogP contribution in [0.5, 0.6) is 0 Å². The molecule has 11 heavy (non-hydrogen) atoms. The summed E-state index contributed by atoms with van der Waals surface area (Å²) in [5, 5.41) is 12.9. The van der Waals surface area contributed by atoms with Gasteiger partial charge in [0.1, 0.15) is 0 Å². The van der Waals surface area contributed by atoms with Gasteiger partial charge in [0.25, 0.3) is 0 Å². The van der Waals surface area contributed by atoms with Gasteiger partial charge in [-0.05, 0) is 40.0 Å². The van der Waals surface area contributed by atoms with Crippen LogP contribution in [0, 0.1) is 0 Å². The van der Waals surface area contributed by atoms with E-state index in [0.717, 1.165) is 19.3 Å². The molecule has 0 bridgehead atoms. The minimum atomic E-state index is -0.116. The second-order valence-electron chi connectivity index (χ2n) is 4.50. The first-order valence-electron chi connectivity index (χ1n) is 4.45. The van der Waals surface area contributed by atoms with Crippen LogP contribution < -0.4 is 5.32 Å². The molecule has 0 aromatic rings. The maximum atomic E-state index is 9.49. The van der Waals surface area contributed by atoms with Gasteiger partial charge in [-0.25, -0.2) is 0 Å². The second kappa shape index (κ2) is 3.11. The minimum Gasteiger partial charge on any atom is -0.392 e. The molecule has 2 nitrogen and oxygen atoms in total. The molecule has 1 aliphatic carbocycles. The second-order valence-corrected chi connectivity index (χ2v) is 4.50. The molecular weight excluding hydrogens is 138 g/mol. The average Bonchev–Trinajstić information content (AvgIpc) is 2.12. The van der Waals surface area contributed by atoms with Crippen molar-refractivity contribution in [3.63, 3.8) is 0 Å². The monoisotopic (exact) mass is 157 g/mol. The first-order valence-corrected chi connectivity index (χ1v) is 4.45. The summed E-state index contributed by atoms with van der Waals surface area (Å²) in [5.41, 5.74) is 0.135. The molecule has 0 aliphatic heterocycles. The quantitative estimate of drug-likeness (QED) is 0.601. The normalized spacial score (nSPS) is 32.7. The predicted molar refractivity (Wildman–Crippen MR) is 46.5 cm³/mol. The molecule has 0 aromatic heterocycles. The van der Waals surface area contributed by atoms with Crippen LogP contribution in [0.2, 0.25) is 0 Å². The van der Waals surface area contributed by atoms with Gasteiger partial charge < -0.3 is 10.4 Å². The van der Waals surface area contributed by atoms with Crippen LogP contribution in [0.3, 0.4) is 0 Å². The third-order valence-corrected chi connectivity index (χ3v) is 2.10. The SMILES string of the molecule is CC(C)(C)N[C@H]1CCC[C@H]1O. The van der Waals surface area contributed by atoms with Crippen molar-refractivity contribution in [3.05, 3.63) is 0 Å². The Labute approximate surface area is 69.0 Å². The van der Waals surface area contributed by atoms with E-state index in [1.807, 2.05) is 0 Å². The molecule has 0 aromatic carbocycles. The molecular formula is C9H19NO. The number of aliphatic hydroxyl groups is 1. The standard InChI is InChI=1S/C9H19NO/c1-9(2,3)10-7-5-4-6-8(7)11/h7-8,10-11H,4-6H2,1-3H3/t7-,8+/m0/s1. The highest BCUT2D eigenvalue weighted by molar-refractivity contribution is 4.87. The van der Waals surface area contributed by atoms with Crippen molar-refractivity contribution in [2.75, 3.05) is 0 Å². The Morgan fingerprint density at radius 3 is 2.27 bits per heavy atom. The Bertz CT molecular complexity index is 128. The van der Waals surface area contributed by atoms with Crippen LogP contribution in [-0.2, 0) is 0 Å². The van der Waals surface area contributed by atoms with Crippen molar-refractivity contribution in [3.8, 4) is 0 Å². The largest absolute Gasteiger partial charge is 0.392 e. The topological polar surface area (TPSA) is 32.3 Å². The highest BCUT2D eigenvalue weighted by Gasteiger charge is 2.27. The smallest absolute Gasteiger partial charge is 0.0693 e. The fourth-order valence-corrected chi connectivity index (χ4v) is 1.67. The lowest BCUT2D eigenvalue weighted by Crippen LogP contribution is -2.47. The molecule has 0 radical (unpaired) electrons. The first kappa shape index (κ1) is 9.01. The minimum absolute atomic E-state index is 0.116. The maximum absolute atomic E-state index is 9.49. The van der Waals surface area contributed by atoms with E-state index in [-0.39, 0.29) is 11.6 Å². The summed E-state index contributed by atoms with van der Waals surface area (Å²) in [5.74, 6) is 0. The fraction of sp³-hybridized carbons (Fsp3) is 1.00. The van der Waals surface area contributed by atoms with Gasteiger partial charge in [-0.1, -0.05) is 0 Å². The fourth-order valence-electron chi connectivity index (χ4n) is 1.67. The van der Waals surface area contributed by atoms with E-state index in [1.54, 1.807) is 0 Å². The van der Waals surface area contributed by atoms with E-state index < -0.39 is 0 Å². The van der Waals surface area contributed by atoms with Gasteiger partial charge in [0, 0.05) is 11.6 Å². The number of nitrogens with one attached hydrogen (secondary N) is 1. The zero-order chi connectivity index (χ0) is 8.48. The summed E-state index contributed by atoms with van der Waals surface area (Å²) in [6, 6.07) is 0.329. The summed E-state index contributed by atoms with van der Waals surface area (Å²) in [4.78, 5) is 0. The number of hydrogen-bond acceptors (Lipinski definition) is 2. The van der Waals surface area contributed by atoms with Crippen molar-refractivity contribution < 1.29 is 5.11 Å². The number of aliphatic hydroxyl groups excluding tert-OH is 1. The zero-order valence-corrected chi connectivity index (χ0v) is 7.72. The Morgan fingerprint density at radius 1 is 1.27 bits per heavy atom. The van der Waals surface area contributed by atoms with Crippen LogP contribution in [-0.4, -0.2) is 22.8 Å². The Morgan fingerprint density at radius 2 is 1.91 bits per heavy atom. The van der Waals surface area contributed by atoms with Gasteiger partial charge in [0.05, 0.1) is 6.10 Å². The van der Waals surface area contributed by atoms with Crippen molar-refractivity contribution >= 4 is 0 Å². The van der Waals surface area contributed by atoms with Gasteiger partial charge in [-0.3, -0.25) is 0 Å². The van der Waals surface area contributed by atoms with Crippen LogP contribution in [0.25, 0.3) is 0 Å². The van der Waals surface area contributed by atoms with Crippen LogP contribution >= 0.6 is 0 Å². The molecule has 2 atom stereocenters. The molecule has 0 amide bonds. The van der Waals surface area contributed by atoms with Crippen molar-refractivity contribution in [1.82, 2.24) is 5.32 Å². The van der Waals surface area contributed by atoms with E-state index in [2.05, 4.69) is 26.1 Å². The van der Waals surface area contributed by atoms with Gasteiger partial charge >= 0.3 is 0 Å². The maximum Gasteiger partial charge on any atom is 0.0693 e. The Kier molecular flexibility index (Phi) is 2.55. The number of rotatable bonds is 1. The van der Waals surface area contributed by atoms with E-state index >= 15 is 0 Å². The molecule has 2 N–H and O–H groups in total. The first-order chi connectivity index (χ1) is 4.99. The predicted octanol–water partition coefficient (Wildman–Crippen LogP) is 1.29. The molecule has 0 unspecified atom stereocenters. The molecule has 1 aliphatic rings. The van der Waals surface area contributed by atoms with Crippen molar-refractivity contribution in [2.45, 2.75) is 57.7 Å². The van der Waals surface area contributed by atoms with E-state index in [9.17, 15) is 5.11 Å². The summed E-state index contributed by atoms with van der Waals surface area (Å²) >= 11 is 0. The van der Waals surface area contributed by atoms with Crippen molar-refractivity contribution in [1.29, 1.82) is 0 Å². The average molecular weight is 157 g/mol. The molecule has 2 heteroatoms. The molecule has 0 heterocycles. The van der Waals surface area contributed by atoms with Gasteiger partial charge in [0.2, 0.25) is 0 Å². The van der Waals surface area contributed by atoms with Gasteiger partial charge in [-0.15, -0.1) is 0 Å². The molecule has 1 rings (SSSR count). The van der Waals surface area contributed by atoms with E-state index in [1.165, 1.54) is 0 Å². The van der Waals surface area contributed by atoms with Crippen LogP contribution in [0.1, 0.15) is 40.0 Å². The summed E-state index contributed by atoms with van der Waals surface area (Å²) in [6.45, 7) is 6.41. The summed E-state index contributed by atoms with van der Waals surface area (Å²) < 4.78 is 0. The van der Waals surface area contributed by atoms with Gasteiger partial charge in [-0.2, -0.15) is 0 Å². The van der Waals surface area contributed by atoms with Crippen LogP contribution in [0.15, 0.2) is 0 Å². The molecule has 1 fully saturated rings. The van der Waals surface area contributed by atoms with Gasteiger partial charge in [0.15, 0.2) is 0 Å². The summed E-state index contributed by atoms with van der Waals surface area (Å²) in [7, 11) is 0. The zero-order valence-electron chi connectivity index (χ0n) is 7.72. The summed E-state index contributed by atoms with van der Waals surface area (Å²) in [6.07, 6.45) is 3.13. The third kappa shape index (κ3) is 2.80. The molecule has 0 saturated heterocycles. The lowest BCUT2D eigenvalue weighted by Gasteiger charge is -2.27. The third-order valence-electron chi connectivity index (χ3n) is 2.10. The Hall–Kier alpha value is -0.0800. The van der Waals surface area contributed by atoms with Crippen LogP contribution in [0.4, 0.5) is 0 Å². The molecule has 1 saturated carbocycles. The lowest BCUT2D eigenvalue weighted by atomic mass is 10.1. The van der Waals surface area contributed by atoms with E-state index in [0.29, 0.717) is 6.04 Å². The van der Waals surface area contributed by atoms with Crippen molar-refractivity contribution in [2.24, 2.45) is 0 Å². The highest BCUT2D eigenvalue weighted by Crippen LogP contribution is 2.20. The van der Waals surface area contributed by atoms with E-state index in [4.69, 9.17) is 0 Å². The number of hydrogen-bond donors (Lipinski definition) is 2. The molecule has 0 spiro atoms. The highest BCUT2D eigenvalue weighted by atomic mass is 16.3.